The van der Waals surface area contributed by atoms with E-state index in [9.17, 15) is 18.0 Å². The van der Waals surface area contributed by atoms with Gasteiger partial charge in [-0.25, -0.2) is 13.2 Å². The van der Waals surface area contributed by atoms with Gasteiger partial charge in [0, 0.05) is 25.2 Å². The van der Waals surface area contributed by atoms with E-state index < -0.39 is 28.9 Å². The molecular formula is C14H17F3N2O. The van der Waals surface area contributed by atoms with Gasteiger partial charge in [0.1, 0.15) is 23.0 Å². The van der Waals surface area contributed by atoms with Crippen LogP contribution >= 0.6 is 0 Å². The minimum Gasteiger partial charge on any atom is -0.338 e. The molecule has 6 heteroatoms. The fourth-order valence-corrected chi connectivity index (χ4v) is 2.57. The maximum absolute atomic E-state index is 13.6. The molecule has 1 heterocycles. The first kappa shape index (κ1) is 14.8. The maximum atomic E-state index is 13.6. The molecule has 2 N–H and O–H groups in total. The number of piperidine rings is 1. The van der Waals surface area contributed by atoms with E-state index in [0.717, 1.165) is 19.3 Å². The summed E-state index contributed by atoms with van der Waals surface area (Å²) in [6.45, 7) is 1.49. The molecule has 20 heavy (non-hydrogen) atoms. The van der Waals surface area contributed by atoms with Crippen molar-refractivity contribution in [1.82, 2.24) is 4.90 Å². The molecule has 0 radical (unpaired) electrons. The number of nitrogens with zero attached hydrogens (tertiary/aromatic N) is 1. The van der Waals surface area contributed by atoms with Crippen molar-refractivity contribution in [2.75, 3.05) is 19.6 Å². The Balaban J connectivity index is 2.10. The lowest BCUT2D eigenvalue weighted by molar-refractivity contribution is 0.0678. The quantitative estimate of drug-likeness (QED) is 0.926. The van der Waals surface area contributed by atoms with Crippen LogP contribution in [0.2, 0.25) is 0 Å². The zero-order valence-electron chi connectivity index (χ0n) is 11.0. The van der Waals surface area contributed by atoms with E-state index in [1.165, 1.54) is 4.90 Å². The van der Waals surface area contributed by atoms with Gasteiger partial charge in [0.15, 0.2) is 0 Å². The first-order chi connectivity index (χ1) is 9.52. The molecule has 3 nitrogen and oxygen atoms in total. The monoisotopic (exact) mass is 286 g/mol. The fraction of sp³-hybridized carbons (Fsp3) is 0.500. The number of halogens is 3. The number of carbonyl (C=O) groups is 1. The van der Waals surface area contributed by atoms with Crippen molar-refractivity contribution in [2.45, 2.75) is 19.3 Å². The smallest absolute Gasteiger partial charge is 0.259 e. The Bertz CT molecular complexity index is 476. The van der Waals surface area contributed by atoms with Crippen LogP contribution in [0.25, 0.3) is 0 Å². The van der Waals surface area contributed by atoms with Crippen LogP contribution in [0.5, 0.6) is 0 Å². The molecule has 0 aromatic heterocycles. The van der Waals surface area contributed by atoms with Gasteiger partial charge in [0.2, 0.25) is 0 Å². The van der Waals surface area contributed by atoms with Crippen LogP contribution in [0.3, 0.4) is 0 Å². The zero-order valence-corrected chi connectivity index (χ0v) is 11.0. The average molecular weight is 286 g/mol. The maximum Gasteiger partial charge on any atom is 0.259 e. The van der Waals surface area contributed by atoms with Crippen molar-refractivity contribution in [3.05, 3.63) is 35.1 Å². The molecule has 0 unspecified atom stereocenters. The molecule has 1 aromatic rings. The molecule has 0 saturated carbocycles. The third-order valence-corrected chi connectivity index (χ3v) is 3.70. The third kappa shape index (κ3) is 3.12. The Morgan fingerprint density at radius 3 is 2.25 bits per heavy atom. The number of likely N-dealkylation sites (tertiary alicyclic amines) is 1. The number of nitrogens with two attached hydrogens (primary N) is 1. The number of hydrogen-bond acceptors (Lipinski definition) is 2. The lowest BCUT2D eigenvalue weighted by Gasteiger charge is -2.32. The molecule has 0 aliphatic carbocycles. The summed E-state index contributed by atoms with van der Waals surface area (Å²) in [5, 5.41) is 0. The highest BCUT2D eigenvalue weighted by Gasteiger charge is 2.27. The highest BCUT2D eigenvalue weighted by Crippen LogP contribution is 2.23. The van der Waals surface area contributed by atoms with E-state index in [-0.39, 0.29) is 0 Å². The number of hydrogen-bond donors (Lipinski definition) is 1. The van der Waals surface area contributed by atoms with Crippen molar-refractivity contribution in [1.29, 1.82) is 0 Å². The van der Waals surface area contributed by atoms with Gasteiger partial charge in [-0.3, -0.25) is 4.79 Å². The summed E-state index contributed by atoms with van der Waals surface area (Å²) >= 11 is 0. The molecule has 0 bridgehead atoms. The van der Waals surface area contributed by atoms with Crippen molar-refractivity contribution in [3.63, 3.8) is 0 Å². The van der Waals surface area contributed by atoms with Crippen LogP contribution in [-0.4, -0.2) is 30.4 Å². The predicted molar refractivity (Wildman–Crippen MR) is 68.6 cm³/mol. The standard InChI is InChI=1S/C14H17F3N2O/c15-10-7-11(16)13(12(17)8-10)14(20)19-5-2-9(1-4-18)3-6-19/h7-9H,1-6,18H2. The number of benzene rings is 1. The molecule has 1 aliphatic heterocycles. The van der Waals surface area contributed by atoms with Crippen molar-refractivity contribution in [2.24, 2.45) is 11.7 Å². The third-order valence-electron chi connectivity index (χ3n) is 3.70. The van der Waals surface area contributed by atoms with Gasteiger partial charge in [-0.15, -0.1) is 0 Å². The summed E-state index contributed by atoms with van der Waals surface area (Å²) < 4.78 is 40.0. The first-order valence-electron chi connectivity index (χ1n) is 6.66. The Hall–Kier alpha value is -1.56. The van der Waals surface area contributed by atoms with Gasteiger partial charge in [-0.05, 0) is 31.7 Å². The Kier molecular flexibility index (Phi) is 4.65. The largest absolute Gasteiger partial charge is 0.338 e. The summed E-state index contributed by atoms with van der Waals surface area (Å²) in [6.07, 6.45) is 2.43. The summed E-state index contributed by atoms with van der Waals surface area (Å²) in [4.78, 5) is 13.5. The highest BCUT2D eigenvalue weighted by atomic mass is 19.1. The van der Waals surface area contributed by atoms with Gasteiger partial charge in [0.05, 0.1) is 0 Å². The van der Waals surface area contributed by atoms with Crippen molar-refractivity contribution < 1.29 is 18.0 Å². The molecule has 2 rings (SSSR count). The van der Waals surface area contributed by atoms with Crippen LogP contribution in [0.15, 0.2) is 12.1 Å². The van der Waals surface area contributed by atoms with Crippen LogP contribution in [0.4, 0.5) is 13.2 Å². The van der Waals surface area contributed by atoms with Crippen molar-refractivity contribution >= 4 is 5.91 Å². The Morgan fingerprint density at radius 1 is 1.20 bits per heavy atom. The van der Waals surface area contributed by atoms with Gasteiger partial charge in [-0.2, -0.15) is 0 Å². The van der Waals surface area contributed by atoms with E-state index in [2.05, 4.69) is 0 Å². The second kappa shape index (κ2) is 6.26. The van der Waals surface area contributed by atoms with Gasteiger partial charge >= 0.3 is 0 Å². The molecule has 0 spiro atoms. The summed E-state index contributed by atoms with van der Waals surface area (Å²) in [6, 6.07) is 1.05. The van der Waals surface area contributed by atoms with Gasteiger partial charge < -0.3 is 10.6 Å². The molecule has 1 amide bonds. The summed E-state index contributed by atoms with van der Waals surface area (Å²) in [5.74, 6) is -3.61. The highest BCUT2D eigenvalue weighted by molar-refractivity contribution is 5.94. The second-order valence-corrected chi connectivity index (χ2v) is 5.06. The van der Waals surface area contributed by atoms with Gasteiger partial charge in [-0.1, -0.05) is 0 Å². The van der Waals surface area contributed by atoms with Crippen LogP contribution < -0.4 is 5.73 Å². The zero-order chi connectivity index (χ0) is 14.7. The topological polar surface area (TPSA) is 46.3 Å². The van der Waals surface area contributed by atoms with Gasteiger partial charge in [0.25, 0.3) is 5.91 Å². The van der Waals surface area contributed by atoms with E-state index in [0.29, 0.717) is 37.7 Å². The molecule has 1 aliphatic rings. The molecule has 1 fully saturated rings. The molecule has 110 valence electrons. The van der Waals surface area contributed by atoms with E-state index in [1.807, 2.05) is 0 Å². The van der Waals surface area contributed by atoms with Crippen LogP contribution in [0, 0.1) is 23.4 Å². The fourth-order valence-electron chi connectivity index (χ4n) is 2.57. The average Bonchev–Trinajstić information content (AvgIpc) is 2.38. The van der Waals surface area contributed by atoms with Crippen molar-refractivity contribution in [3.8, 4) is 0 Å². The minimum absolute atomic E-state index is 0.444. The molecule has 1 aromatic carbocycles. The van der Waals surface area contributed by atoms with Crippen LogP contribution in [-0.2, 0) is 0 Å². The summed E-state index contributed by atoms with van der Waals surface area (Å²) in [5.41, 5.74) is 4.81. The minimum atomic E-state index is -1.16. The Morgan fingerprint density at radius 2 is 1.75 bits per heavy atom. The second-order valence-electron chi connectivity index (χ2n) is 5.06. The first-order valence-corrected chi connectivity index (χ1v) is 6.66. The predicted octanol–water partition coefficient (Wildman–Crippen LogP) is 2.30. The lowest BCUT2D eigenvalue weighted by atomic mass is 9.93. The van der Waals surface area contributed by atoms with E-state index >= 15 is 0 Å². The van der Waals surface area contributed by atoms with E-state index in [1.54, 1.807) is 0 Å². The number of rotatable bonds is 3. The van der Waals surface area contributed by atoms with E-state index in [4.69, 9.17) is 5.73 Å². The Labute approximate surface area is 115 Å². The molecular weight excluding hydrogens is 269 g/mol. The summed E-state index contributed by atoms with van der Waals surface area (Å²) in [7, 11) is 0. The molecule has 1 saturated heterocycles. The number of carbonyl (C=O) groups excluding carboxylic acids is 1. The molecule has 0 atom stereocenters. The normalized spacial score (nSPS) is 16.5. The van der Waals surface area contributed by atoms with Crippen LogP contribution in [0.1, 0.15) is 29.6 Å². The SMILES string of the molecule is NCCC1CCN(C(=O)c2c(F)cc(F)cc2F)CC1. The lowest BCUT2D eigenvalue weighted by Crippen LogP contribution is -2.39. The number of amides is 1.